The minimum atomic E-state index is -0.531. The lowest BCUT2D eigenvalue weighted by atomic mass is 10.1. The second-order valence-corrected chi connectivity index (χ2v) is 8.05. The van der Waals surface area contributed by atoms with Gasteiger partial charge in [0.25, 0.3) is 0 Å². The number of nitrogens with zero attached hydrogens (tertiary/aromatic N) is 1. The van der Waals surface area contributed by atoms with E-state index in [9.17, 15) is 9.59 Å². The molecule has 1 aromatic heterocycles. The van der Waals surface area contributed by atoms with Crippen LogP contribution in [-0.4, -0.2) is 34.6 Å². The lowest BCUT2D eigenvalue weighted by molar-refractivity contribution is -0.148. The first-order valence-electron chi connectivity index (χ1n) is 9.98. The molecule has 0 aliphatic carbocycles. The molecule has 0 bridgehead atoms. The summed E-state index contributed by atoms with van der Waals surface area (Å²) in [5.41, 5.74) is 3.03. The molecule has 1 heterocycles. The number of H-pyrrole nitrogens is 1. The predicted octanol–water partition coefficient (Wildman–Crippen LogP) is 4.81. The monoisotopic (exact) mass is 418 g/mol. The fourth-order valence-corrected chi connectivity index (χ4v) is 3.06. The van der Waals surface area contributed by atoms with Crippen molar-refractivity contribution in [1.82, 2.24) is 9.97 Å². The first kappa shape index (κ1) is 22.0. The zero-order valence-electron chi connectivity index (χ0n) is 18.1. The Kier molecular flexibility index (Phi) is 6.70. The predicted molar refractivity (Wildman–Crippen MR) is 119 cm³/mol. The molecule has 0 amide bonds. The van der Waals surface area contributed by atoms with E-state index >= 15 is 0 Å². The molecule has 31 heavy (non-hydrogen) atoms. The fraction of sp³-hybridized carbons (Fsp3) is 0.240. The number of ether oxygens (including phenoxy) is 2. The molecule has 0 saturated carbocycles. The Morgan fingerprint density at radius 2 is 1.81 bits per heavy atom. The summed E-state index contributed by atoms with van der Waals surface area (Å²) in [7, 11) is 1.35. The Morgan fingerprint density at radius 3 is 2.48 bits per heavy atom. The van der Waals surface area contributed by atoms with Gasteiger partial charge in [0.05, 0.1) is 7.11 Å². The maximum atomic E-state index is 12.2. The summed E-state index contributed by atoms with van der Waals surface area (Å²) in [6.07, 6.45) is 3.63. The number of aromatic amines is 1. The molecule has 2 aromatic carbocycles. The molecular formula is C25H26N2O4. The molecule has 0 unspecified atom stereocenters. The second kappa shape index (κ2) is 9.43. The molecule has 1 N–H and O–H groups in total. The van der Waals surface area contributed by atoms with Crippen LogP contribution in [0.2, 0.25) is 0 Å². The Labute approximate surface area is 181 Å². The van der Waals surface area contributed by atoms with Crippen LogP contribution in [0.4, 0.5) is 0 Å². The Balaban J connectivity index is 1.82. The average molecular weight is 418 g/mol. The molecule has 3 aromatic rings. The molecule has 0 aliphatic heterocycles. The lowest BCUT2D eigenvalue weighted by Gasteiger charge is -2.17. The zero-order valence-corrected chi connectivity index (χ0v) is 18.1. The summed E-state index contributed by atoms with van der Waals surface area (Å²) in [6, 6.07) is 17.2. The van der Waals surface area contributed by atoms with Gasteiger partial charge < -0.3 is 14.5 Å². The Bertz CT molecular complexity index is 1090. The van der Waals surface area contributed by atoms with E-state index in [1.165, 1.54) is 13.2 Å². The van der Waals surface area contributed by atoms with Crippen LogP contribution < -0.4 is 0 Å². The van der Waals surface area contributed by atoms with Crippen molar-refractivity contribution < 1.29 is 19.1 Å². The summed E-state index contributed by atoms with van der Waals surface area (Å²) in [5, 5.41) is 0. The summed E-state index contributed by atoms with van der Waals surface area (Å²) >= 11 is 0. The van der Waals surface area contributed by atoms with Crippen molar-refractivity contribution in [3.63, 3.8) is 0 Å². The van der Waals surface area contributed by atoms with Crippen LogP contribution in [0, 0.1) is 0 Å². The van der Waals surface area contributed by atoms with Crippen LogP contribution in [0.1, 0.15) is 48.2 Å². The van der Waals surface area contributed by atoms with Gasteiger partial charge in [-0.15, -0.1) is 0 Å². The molecule has 0 atom stereocenters. The van der Waals surface area contributed by atoms with Gasteiger partial charge in [-0.3, -0.25) is 0 Å². The van der Waals surface area contributed by atoms with Gasteiger partial charge in [-0.2, -0.15) is 0 Å². The van der Waals surface area contributed by atoms with E-state index in [0.717, 1.165) is 16.7 Å². The van der Waals surface area contributed by atoms with E-state index in [1.807, 2.05) is 75.4 Å². The van der Waals surface area contributed by atoms with Crippen molar-refractivity contribution in [1.29, 1.82) is 0 Å². The van der Waals surface area contributed by atoms with E-state index in [0.29, 0.717) is 23.6 Å². The molecule has 6 heteroatoms. The van der Waals surface area contributed by atoms with Gasteiger partial charge in [-0.05, 0) is 38.0 Å². The number of aromatic nitrogens is 2. The van der Waals surface area contributed by atoms with E-state index < -0.39 is 11.6 Å². The number of benzene rings is 2. The van der Waals surface area contributed by atoms with Gasteiger partial charge in [0.15, 0.2) is 5.69 Å². The van der Waals surface area contributed by atoms with Gasteiger partial charge in [0, 0.05) is 18.1 Å². The SMILES string of the molecule is COC(=O)c1[nH]c(Cc2cccc(/C=C/C(=O)OC(C)(C)C)c2)nc1-c1ccccc1. The molecule has 0 aliphatic rings. The number of rotatable bonds is 6. The van der Waals surface area contributed by atoms with E-state index in [-0.39, 0.29) is 5.97 Å². The smallest absolute Gasteiger partial charge is 0.356 e. The fourth-order valence-electron chi connectivity index (χ4n) is 3.06. The third kappa shape index (κ3) is 6.15. The molecule has 0 saturated heterocycles. The number of carbonyl (C=O) groups is 2. The van der Waals surface area contributed by atoms with Crippen molar-refractivity contribution in [2.24, 2.45) is 0 Å². The van der Waals surface area contributed by atoms with Crippen LogP contribution in [-0.2, 0) is 20.7 Å². The largest absolute Gasteiger partial charge is 0.464 e. The number of esters is 2. The number of hydrogen-bond acceptors (Lipinski definition) is 5. The minimum absolute atomic E-state index is 0.324. The van der Waals surface area contributed by atoms with Crippen LogP contribution in [0.25, 0.3) is 17.3 Å². The molecule has 3 rings (SSSR count). The van der Waals surface area contributed by atoms with Crippen molar-refractivity contribution in [3.05, 3.63) is 83.3 Å². The van der Waals surface area contributed by atoms with Crippen molar-refractivity contribution >= 4 is 18.0 Å². The molecule has 6 nitrogen and oxygen atoms in total. The molecule has 0 spiro atoms. The Morgan fingerprint density at radius 1 is 1.06 bits per heavy atom. The molecule has 0 radical (unpaired) electrons. The third-order valence-electron chi connectivity index (χ3n) is 4.33. The van der Waals surface area contributed by atoms with Gasteiger partial charge in [-0.25, -0.2) is 14.6 Å². The summed E-state index contributed by atoms with van der Waals surface area (Å²) in [4.78, 5) is 31.9. The van der Waals surface area contributed by atoms with Gasteiger partial charge in [0.1, 0.15) is 17.1 Å². The highest BCUT2D eigenvalue weighted by Gasteiger charge is 2.19. The third-order valence-corrected chi connectivity index (χ3v) is 4.33. The van der Waals surface area contributed by atoms with E-state index in [1.54, 1.807) is 6.08 Å². The van der Waals surface area contributed by atoms with E-state index in [2.05, 4.69) is 9.97 Å². The zero-order chi connectivity index (χ0) is 22.4. The van der Waals surface area contributed by atoms with Crippen molar-refractivity contribution in [3.8, 4) is 11.3 Å². The number of imidazole rings is 1. The van der Waals surface area contributed by atoms with Crippen LogP contribution in [0.3, 0.4) is 0 Å². The first-order chi connectivity index (χ1) is 14.7. The maximum absolute atomic E-state index is 12.2. The Hall–Kier alpha value is -3.67. The highest BCUT2D eigenvalue weighted by atomic mass is 16.6. The average Bonchev–Trinajstić information content (AvgIpc) is 3.15. The molecule has 0 fully saturated rings. The normalized spacial score (nSPS) is 11.5. The van der Waals surface area contributed by atoms with Gasteiger partial charge >= 0.3 is 11.9 Å². The number of methoxy groups -OCH3 is 1. The van der Waals surface area contributed by atoms with Crippen LogP contribution >= 0.6 is 0 Å². The first-order valence-corrected chi connectivity index (χ1v) is 9.98. The van der Waals surface area contributed by atoms with Crippen molar-refractivity contribution in [2.75, 3.05) is 7.11 Å². The van der Waals surface area contributed by atoms with Gasteiger partial charge in [-0.1, -0.05) is 54.6 Å². The highest BCUT2D eigenvalue weighted by molar-refractivity contribution is 5.94. The minimum Gasteiger partial charge on any atom is -0.464 e. The standard InChI is InChI=1S/C25H26N2O4/c1-25(2,3)31-21(28)14-13-17-9-8-10-18(15-17)16-20-26-22(19-11-6-5-7-12-19)23(27-20)24(29)30-4/h5-15H,16H2,1-4H3,(H,26,27)/b14-13+. The van der Waals surface area contributed by atoms with Crippen molar-refractivity contribution in [2.45, 2.75) is 32.8 Å². The second-order valence-electron chi connectivity index (χ2n) is 8.05. The summed E-state index contributed by atoms with van der Waals surface area (Å²) in [5.74, 6) is -0.210. The number of nitrogens with one attached hydrogen (secondary N) is 1. The van der Waals surface area contributed by atoms with E-state index in [4.69, 9.17) is 9.47 Å². The topological polar surface area (TPSA) is 81.3 Å². The summed E-state index contributed by atoms with van der Waals surface area (Å²) < 4.78 is 10.2. The highest BCUT2D eigenvalue weighted by Crippen LogP contribution is 2.23. The maximum Gasteiger partial charge on any atom is 0.356 e. The summed E-state index contributed by atoms with van der Waals surface area (Å²) in [6.45, 7) is 5.49. The van der Waals surface area contributed by atoms with Gasteiger partial charge in [0.2, 0.25) is 0 Å². The molecular weight excluding hydrogens is 392 g/mol. The molecule has 160 valence electrons. The van der Waals surface area contributed by atoms with Crippen LogP contribution in [0.5, 0.6) is 0 Å². The number of hydrogen-bond donors (Lipinski definition) is 1. The van der Waals surface area contributed by atoms with Crippen LogP contribution in [0.15, 0.2) is 60.7 Å². The quantitative estimate of drug-likeness (QED) is 0.459. The number of carbonyl (C=O) groups excluding carboxylic acids is 2. The lowest BCUT2D eigenvalue weighted by Crippen LogP contribution is -2.22.